The maximum Gasteiger partial charge on any atom is 0.192 e. The van der Waals surface area contributed by atoms with Gasteiger partial charge in [0, 0.05) is 5.41 Å². The van der Waals surface area contributed by atoms with E-state index in [1.165, 1.54) is 38.5 Å². The molecule has 0 amide bonds. The number of allylic oxidation sites excluding steroid dienone is 2. The summed E-state index contributed by atoms with van der Waals surface area (Å²) in [6.45, 7) is 30.3. The van der Waals surface area contributed by atoms with Gasteiger partial charge < -0.3 is 14.3 Å². The molecule has 1 N–H and O–H groups in total. The quantitative estimate of drug-likeness (QED) is 0.209. The van der Waals surface area contributed by atoms with Crippen molar-refractivity contribution in [2.75, 3.05) is 6.61 Å². The number of fused-ring (bicyclic) bond motifs is 9. The molecule has 228 valence electrons. The van der Waals surface area contributed by atoms with E-state index in [0.717, 1.165) is 12.8 Å². The van der Waals surface area contributed by atoms with Gasteiger partial charge in [-0.05, 0) is 114 Å². The lowest BCUT2D eigenvalue weighted by Crippen LogP contribution is -2.66. The van der Waals surface area contributed by atoms with Gasteiger partial charge in [-0.25, -0.2) is 0 Å². The van der Waals surface area contributed by atoms with Crippen LogP contribution >= 0.6 is 0 Å². The van der Waals surface area contributed by atoms with Gasteiger partial charge in [-0.3, -0.25) is 0 Å². The zero-order chi connectivity index (χ0) is 29.5. The molecule has 3 nitrogen and oxygen atoms in total. The molecule has 0 aromatic rings. The minimum Gasteiger partial charge on any atom is -0.413 e. The highest BCUT2D eigenvalue weighted by Gasteiger charge is 2.73. The third-order valence-corrected chi connectivity index (χ3v) is 20.2. The summed E-state index contributed by atoms with van der Waals surface area (Å²) in [5.41, 5.74) is 2.90. The van der Waals surface area contributed by atoms with Crippen molar-refractivity contribution in [3.63, 3.8) is 0 Å². The third kappa shape index (κ3) is 3.64. The van der Waals surface area contributed by atoms with Crippen molar-refractivity contribution in [3.8, 4) is 0 Å². The largest absolute Gasteiger partial charge is 0.413 e. The Hall–Kier alpha value is -0.163. The van der Waals surface area contributed by atoms with Crippen molar-refractivity contribution in [2.24, 2.45) is 50.2 Å². The normalized spacial score (nSPS) is 50.9. The number of aliphatic hydroxyl groups excluding tert-OH is 1. The van der Waals surface area contributed by atoms with Crippen molar-refractivity contribution >= 4 is 8.32 Å². The Bertz CT molecular complexity index is 1080. The summed E-state index contributed by atoms with van der Waals surface area (Å²) in [7, 11) is -1.83. The molecule has 0 aromatic carbocycles. The fraction of sp³-hybridized carbons (Fsp3) is 0.944. The first-order valence-electron chi connectivity index (χ1n) is 16.9. The van der Waals surface area contributed by atoms with Crippen LogP contribution in [0.1, 0.15) is 121 Å². The van der Waals surface area contributed by atoms with Gasteiger partial charge in [-0.15, -0.1) is 0 Å². The fourth-order valence-electron chi connectivity index (χ4n) is 11.9. The molecule has 5 fully saturated rings. The number of hydrogen-bond donors (Lipinski definition) is 1. The van der Waals surface area contributed by atoms with Crippen LogP contribution in [-0.4, -0.2) is 38.3 Å². The van der Waals surface area contributed by atoms with Gasteiger partial charge in [0.05, 0.1) is 24.9 Å². The predicted octanol–water partition coefficient (Wildman–Crippen LogP) is 9.16. The van der Waals surface area contributed by atoms with Crippen LogP contribution < -0.4 is 0 Å². The van der Waals surface area contributed by atoms with E-state index < -0.39 is 8.32 Å². The molecule has 1 heterocycles. The average Bonchev–Trinajstić information content (AvgIpc) is 3.64. The zero-order valence-corrected chi connectivity index (χ0v) is 29.2. The summed E-state index contributed by atoms with van der Waals surface area (Å²) < 4.78 is 13.6. The summed E-state index contributed by atoms with van der Waals surface area (Å²) in [6, 6.07) is 0. The van der Waals surface area contributed by atoms with E-state index >= 15 is 0 Å². The van der Waals surface area contributed by atoms with Gasteiger partial charge in [0.2, 0.25) is 0 Å². The average molecular weight is 571 g/mol. The summed E-state index contributed by atoms with van der Waals surface area (Å²) in [5.74, 6) is 1.88. The van der Waals surface area contributed by atoms with Gasteiger partial charge in [0.25, 0.3) is 0 Å². The zero-order valence-electron chi connectivity index (χ0n) is 28.2. The predicted molar refractivity (Wildman–Crippen MR) is 168 cm³/mol. The van der Waals surface area contributed by atoms with E-state index in [4.69, 9.17) is 9.16 Å². The Balaban J connectivity index is 1.34. The SMILES string of the molecule is CC1(C)CC2C3=CCC4[C@@]5(C)CC[C@H](O[Si](C)(C)C(C)(C)C)C(C)(C)C5CC[C@@]4(C)[C@]3(C)CC[C@@]2(CO)[C@@H]2O[C@@H]21. The smallest absolute Gasteiger partial charge is 0.192 e. The van der Waals surface area contributed by atoms with Crippen LogP contribution in [-0.2, 0) is 9.16 Å². The second-order valence-corrected chi connectivity index (χ2v) is 23.9. The van der Waals surface area contributed by atoms with Crippen molar-refractivity contribution in [1.82, 2.24) is 0 Å². The highest BCUT2D eigenvalue weighted by molar-refractivity contribution is 6.74. The minimum absolute atomic E-state index is 0.0586. The van der Waals surface area contributed by atoms with Crippen LogP contribution in [0.4, 0.5) is 0 Å². The molecule has 4 saturated carbocycles. The van der Waals surface area contributed by atoms with E-state index in [2.05, 4.69) is 88.4 Å². The first kappa shape index (κ1) is 29.9. The molecule has 3 unspecified atom stereocenters. The molecule has 1 saturated heterocycles. The first-order valence-corrected chi connectivity index (χ1v) is 19.8. The Morgan fingerprint density at radius 1 is 0.925 bits per heavy atom. The molecule has 10 atom stereocenters. The van der Waals surface area contributed by atoms with E-state index in [1.807, 2.05) is 0 Å². The molecule has 0 spiro atoms. The maximum atomic E-state index is 10.9. The van der Waals surface area contributed by atoms with Gasteiger partial charge in [-0.2, -0.15) is 0 Å². The summed E-state index contributed by atoms with van der Waals surface area (Å²) in [6.07, 6.45) is 13.6. The van der Waals surface area contributed by atoms with Gasteiger partial charge in [0.15, 0.2) is 8.32 Å². The monoisotopic (exact) mass is 570 g/mol. The number of ether oxygens (including phenoxy) is 1. The standard InChI is InChI=1S/C36H62O3Si/c1-30(2,3)40(11,12)39-27-16-17-33(8)25(32(27,6)7)15-18-35(10)26(33)14-13-23-24-21-31(4,5)28-29(38-28)36(24,22-37)20-19-34(23,35)9/h13,24-29,37H,14-22H2,1-12H3/t24?,25?,26?,27-,28-,29+,33-,34+,35+,36-/m0/s1. The molecule has 1 aliphatic heterocycles. The van der Waals surface area contributed by atoms with E-state index in [1.54, 1.807) is 5.57 Å². The molecule has 4 heteroatoms. The van der Waals surface area contributed by atoms with Crippen molar-refractivity contribution in [2.45, 2.75) is 157 Å². The molecular weight excluding hydrogens is 508 g/mol. The Morgan fingerprint density at radius 3 is 2.23 bits per heavy atom. The maximum absolute atomic E-state index is 10.9. The number of epoxide rings is 1. The lowest BCUT2D eigenvalue weighted by Gasteiger charge is -2.71. The van der Waals surface area contributed by atoms with Crippen LogP contribution in [0.2, 0.25) is 18.1 Å². The topological polar surface area (TPSA) is 42.0 Å². The fourth-order valence-corrected chi connectivity index (χ4v) is 13.4. The molecule has 6 aliphatic rings. The van der Waals surface area contributed by atoms with Crippen molar-refractivity contribution in [1.29, 1.82) is 0 Å². The summed E-state index contributed by atoms with van der Waals surface area (Å²) in [4.78, 5) is 0. The highest BCUT2D eigenvalue weighted by atomic mass is 28.4. The van der Waals surface area contributed by atoms with E-state index in [0.29, 0.717) is 40.8 Å². The first-order chi connectivity index (χ1) is 18.2. The van der Waals surface area contributed by atoms with Crippen molar-refractivity contribution < 1.29 is 14.3 Å². The lowest BCUT2D eigenvalue weighted by atomic mass is 9.33. The van der Waals surface area contributed by atoms with E-state index in [9.17, 15) is 5.11 Å². The van der Waals surface area contributed by atoms with Gasteiger partial charge in [0.1, 0.15) is 0 Å². The molecule has 6 rings (SSSR count). The number of hydrogen-bond acceptors (Lipinski definition) is 3. The summed E-state index contributed by atoms with van der Waals surface area (Å²) >= 11 is 0. The Kier molecular flexibility index (Phi) is 6.36. The van der Waals surface area contributed by atoms with Gasteiger partial charge in [-0.1, -0.05) is 80.9 Å². The Morgan fingerprint density at radius 2 is 1.60 bits per heavy atom. The molecule has 0 aromatic heterocycles. The molecule has 5 aliphatic carbocycles. The molecule has 0 radical (unpaired) electrons. The Labute approximate surface area is 247 Å². The van der Waals surface area contributed by atoms with Crippen LogP contribution in [0.3, 0.4) is 0 Å². The van der Waals surface area contributed by atoms with Crippen LogP contribution in [0, 0.1) is 50.2 Å². The third-order valence-electron chi connectivity index (χ3n) is 15.7. The molecular formula is C36H62O3Si. The highest BCUT2D eigenvalue weighted by Crippen LogP contribution is 2.77. The minimum atomic E-state index is -1.83. The van der Waals surface area contributed by atoms with Crippen LogP contribution in [0.5, 0.6) is 0 Å². The van der Waals surface area contributed by atoms with Crippen LogP contribution in [0.15, 0.2) is 11.6 Å². The van der Waals surface area contributed by atoms with Gasteiger partial charge >= 0.3 is 0 Å². The molecule has 40 heavy (non-hydrogen) atoms. The van der Waals surface area contributed by atoms with E-state index in [-0.39, 0.29) is 39.4 Å². The van der Waals surface area contributed by atoms with Crippen molar-refractivity contribution in [3.05, 3.63) is 11.6 Å². The number of rotatable bonds is 3. The number of aliphatic hydroxyl groups is 1. The second-order valence-electron chi connectivity index (χ2n) is 19.1. The second kappa shape index (κ2) is 8.51. The summed E-state index contributed by atoms with van der Waals surface area (Å²) in [5, 5.41) is 11.2. The molecule has 0 bridgehead atoms. The lowest BCUT2D eigenvalue weighted by molar-refractivity contribution is -0.201. The van der Waals surface area contributed by atoms with Crippen LogP contribution in [0.25, 0.3) is 0 Å².